The molecule has 0 aromatic carbocycles. The van der Waals surface area contributed by atoms with Gasteiger partial charge in [-0.15, -0.1) is 0 Å². The number of hydrogen-bond donors (Lipinski definition) is 1. The van der Waals surface area contributed by atoms with E-state index >= 15 is 0 Å². The summed E-state index contributed by atoms with van der Waals surface area (Å²) in [7, 11) is 0. The van der Waals surface area contributed by atoms with E-state index in [2.05, 4.69) is 26.1 Å². The molecule has 0 aliphatic heterocycles. The molecular weight excluding hydrogens is 214 g/mol. The van der Waals surface area contributed by atoms with E-state index in [0.717, 1.165) is 32.2 Å². The van der Waals surface area contributed by atoms with Crippen LogP contribution in [0.4, 0.5) is 0 Å². The molecule has 17 heavy (non-hydrogen) atoms. The molecule has 1 N–H and O–H groups in total. The highest BCUT2D eigenvalue weighted by molar-refractivity contribution is 5.73. The molecule has 0 spiro atoms. The van der Waals surface area contributed by atoms with Crippen LogP contribution in [0.5, 0.6) is 0 Å². The highest BCUT2D eigenvalue weighted by Gasteiger charge is 2.33. The van der Waals surface area contributed by atoms with Crippen molar-refractivity contribution in [2.45, 2.75) is 59.4 Å². The zero-order chi connectivity index (χ0) is 12.9. The summed E-state index contributed by atoms with van der Waals surface area (Å²) in [4.78, 5) is 11.8. The lowest BCUT2D eigenvalue weighted by molar-refractivity contribution is -0.148. The summed E-state index contributed by atoms with van der Waals surface area (Å²) in [5, 5.41) is 3.53. The molecule has 1 fully saturated rings. The smallest absolute Gasteiger partial charge is 0.310 e. The number of rotatable bonds is 5. The van der Waals surface area contributed by atoms with Gasteiger partial charge in [-0.2, -0.15) is 0 Å². The van der Waals surface area contributed by atoms with Gasteiger partial charge in [0.05, 0.1) is 12.5 Å². The molecule has 100 valence electrons. The first-order valence-corrected chi connectivity index (χ1v) is 6.84. The van der Waals surface area contributed by atoms with Crippen molar-refractivity contribution >= 4 is 5.97 Å². The Balaban J connectivity index is 2.34. The molecule has 0 unspecified atom stereocenters. The van der Waals surface area contributed by atoms with Crippen molar-refractivity contribution in [2.24, 2.45) is 11.3 Å². The molecule has 0 radical (unpaired) electrons. The van der Waals surface area contributed by atoms with Crippen molar-refractivity contribution in [1.82, 2.24) is 5.32 Å². The summed E-state index contributed by atoms with van der Waals surface area (Å²) in [6.07, 6.45) is 4.36. The molecule has 1 rings (SSSR count). The van der Waals surface area contributed by atoms with E-state index in [1.165, 1.54) is 0 Å². The fourth-order valence-electron chi connectivity index (χ4n) is 2.37. The lowest BCUT2D eigenvalue weighted by Crippen LogP contribution is -2.38. The zero-order valence-corrected chi connectivity index (χ0v) is 11.7. The molecule has 0 amide bonds. The van der Waals surface area contributed by atoms with E-state index in [-0.39, 0.29) is 11.9 Å². The van der Waals surface area contributed by atoms with Crippen molar-refractivity contribution in [3.63, 3.8) is 0 Å². The molecule has 0 saturated heterocycles. The molecule has 2 atom stereocenters. The van der Waals surface area contributed by atoms with Crippen LogP contribution in [0.1, 0.15) is 53.4 Å². The minimum atomic E-state index is -0.0155. The Morgan fingerprint density at radius 3 is 2.65 bits per heavy atom. The molecule has 3 heteroatoms. The van der Waals surface area contributed by atoms with Gasteiger partial charge in [-0.05, 0) is 38.1 Å². The molecular formula is C14H27NO2. The van der Waals surface area contributed by atoms with Crippen LogP contribution in [0, 0.1) is 11.3 Å². The Kier molecular flexibility index (Phi) is 5.44. The van der Waals surface area contributed by atoms with Crippen LogP contribution in [0.15, 0.2) is 0 Å². The second kappa shape index (κ2) is 6.39. The van der Waals surface area contributed by atoms with Gasteiger partial charge in [0.15, 0.2) is 0 Å². The average Bonchev–Trinajstić information content (AvgIpc) is 2.64. The Bertz CT molecular complexity index is 245. The molecule has 1 aliphatic carbocycles. The van der Waals surface area contributed by atoms with E-state index in [4.69, 9.17) is 4.74 Å². The van der Waals surface area contributed by atoms with E-state index in [1.54, 1.807) is 0 Å². The van der Waals surface area contributed by atoms with Crippen LogP contribution in [0.25, 0.3) is 0 Å². The van der Waals surface area contributed by atoms with Crippen molar-refractivity contribution in [3.8, 4) is 0 Å². The number of carbonyl (C=O) groups is 1. The van der Waals surface area contributed by atoms with Gasteiger partial charge in [-0.25, -0.2) is 0 Å². The van der Waals surface area contributed by atoms with Crippen molar-refractivity contribution in [1.29, 1.82) is 0 Å². The predicted octanol–water partition coefficient (Wildman–Crippen LogP) is 2.74. The Labute approximate surface area is 105 Å². The quantitative estimate of drug-likeness (QED) is 0.752. The molecule has 0 aromatic rings. The minimum absolute atomic E-state index is 0.0155. The second-order valence-corrected chi connectivity index (χ2v) is 6.16. The van der Waals surface area contributed by atoms with Gasteiger partial charge < -0.3 is 10.1 Å². The average molecular weight is 241 g/mol. The maximum atomic E-state index is 11.8. The predicted molar refractivity (Wildman–Crippen MR) is 69.8 cm³/mol. The standard InChI is InChI=1S/C14H27NO2/c1-5-17-13(16)11-7-6-8-12(11)15-10-9-14(2,3)4/h11-12,15H,5-10H2,1-4H3/t11-,12-/m1/s1. The van der Waals surface area contributed by atoms with Crippen LogP contribution in [-0.2, 0) is 9.53 Å². The van der Waals surface area contributed by atoms with Crippen LogP contribution < -0.4 is 5.32 Å². The maximum absolute atomic E-state index is 11.8. The molecule has 0 heterocycles. The third-order valence-electron chi connectivity index (χ3n) is 3.39. The van der Waals surface area contributed by atoms with Gasteiger partial charge >= 0.3 is 5.97 Å². The number of ether oxygens (including phenoxy) is 1. The highest BCUT2D eigenvalue weighted by atomic mass is 16.5. The first kappa shape index (κ1) is 14.5. The normalized spacial score (nSPS) is 24.9. The van der Waals surface area contributed by atoms with Gasteiger partial charge in [0.1, 0.15) is 0 Å². The highest BCUT2D eigenvalue weighted by Crippen LogP contribution is 2.27. The van der Waals surface area contributed by atoms with Gasteiger partial charge in [-0.1, -0.05) is 27.2 Å². The van der Waals surface area contributed by atoms with E-state index in [9.17, 15) is 4.79 Å². The Morgan fingerprint density at radius 2 is 2.06 bits per heavy atom. The van der Waals surface area contributed by atoms with E-state index < -0.39 is 0 Å². The largest absolute Gasteiger partial charge is 0.466 e. The number of hydrogen-bond acceptors (Lipinski definition) is 3. The third-order valence-corrected chi connectivity index (χ3v) is 3.39. The minimum Gasteiger partial charge on any atom is -0.466 e. The van der Waals surface area contributed by atoms with Crippen LogP contribution in [-0.4, -0.2) is 25.2 Å². The fourth-order valence-corrected chi connectivity index (χ4v) is 2.37. The summed E-state index contributed by atoms with van der Waals surface area (Å²) < 4.78 is 5.12. The lowest BCUT2D eigenvalue weighted by Gasteiger charge is -2.23. The molecule has 3 nitrogen and oxygen atoms in total. The Hall–Kier alpha value is -0.570. The monoisotopic (exact) mass is 241 g/mol. The number of nitrogens with one attached hydrogen (secondary N) is 1. The SMILES string of the molecule is CCOC(=O)[C@@H]1CCC[C@H]1NCCC(C)(C)C. The van der Waals surface area contributed by atoms with Crippen molar-refractivity contribution in [2.75, 3.05) is 13.2 Å². The Morgan fingerprint density at radius 1 is 1.35 bits per heavy atom. The molecule has 0 bridgehead atoms. The summed E-state index contributed by atoms with van der Waals surface area (Å²) in [6.45, 7) is 10.1. The van der Waals surface area contributed by atoms with Gasteiger partial charge in [-0.3, -0.25) is 4.79 Å². The second-order valence-electron chi connectivity index (χ2n) is 6.16. The van der Waals surface area contributed by atoms with E-state index in [0.29, 0.717) is 18.1 Å². The molecule has 1 saturated carbocycles. The zero-order valence-electron chi connectivity index (χ0n) is 11.7. The lowest BCUT2D eigenvalue weighted by atomic mass is 9.92. The first-order valence-electron chi connectivity index (χ1n) is 6.84. The van der Waals surface area contributed by atoms with Crippen LogP contribution in [0.3, 0.4) is 0 Å². The van der Waals surface area contributed by atoms with Crippen molar-refractivity contribution < 1.29 is 9.53 Å². The summed E-state index contributed by atoms with van der Waals surface area (Å²) in [6, 6.07) is 0.330. The third kappa shape index (κ3) is 5.07. The number of carbonyl (C=O) groups excluding carboxylic acids is 1. The number of esters is 1. The molecule has 1 aliphatic rings. The molecule has 0 aromatic heterocycles. The van der Waals surface area contributed by atoms with Crippen molar-refractivity contribution in [3.05, 3.63) is 0 Å². The summed E-state index contributed by atoms with van der Waals surface area (Å²) in [5.41, 5.74) is 0.352. The first-order chi connectivity index (χ1) is 7.94. The van der Waals surface area contributed by atoms with Gasteiger partial charge in [0, 0.05) is 6.04 Å². The van der Waals surface area contributed by atoms with E-state index in [1.807, 2.05) is 6.92 Å². The van der Waals surface area contributed by atoms with Crippen LogP contribution >= 0.6 is 0 Å². The summed E-state index contributed by atoms with van der Waals surface area (Å²) in [5.74, 6) is 0.0631. The maximum Gasteiger partial charge on any atom is 0.310 e. The van der Waals surface area contributed by atoms with Crippen LogP contribution in [0.2, 0.25) is 0 Å². The topological polar surface area (TPSA) is 38.3 Å². The van der Waals surface area contributed by atoms with Gasteiger partial charge in [0.2, 0.25) is 0 Å². The van der Waals surface area contributed by atoms with Gasteiger partial charge in [0.25, 0.3) is 0 Å². The summed E-state index contributed by atoms with van der Waals surface area (Å²) >= 11 is 0. The fraction of sp³-hybridized carbons (Fsp3) is 0.929.